The van der Waals surface area contributed by atoms with Crippen LogP contribution >= 0.6 is 0 Å². The Morgan fingerprint density at radius 2 is 1.32 bits per heavy atom. The van der Waals surface area contributed by atoms with Crippen LogP contribution in [0.3, 0.4) is 0 Å². The molecule has 7 aromatic rings. The van der Waals surface area contributed by atoms with Gasteiger partial charge in [0, 0.05) is 41.3 Å². The normalized spacial score (nSPS) is 13.3. The Balaban J connectivity index is 1.17. The van der Waals surface area contributed by atoms with E-state index in [0.717, 1.165) is 47.3 Å². The van der Waals surface area contributed by atoms with E-state index in [9.17, 15) is 0 Å². The molecule has 0 spiro atoms. The van der Waals surface area contributed by atoms with Crippen LogP contribution in [0.2, 0.25) is 0 Å². The van der Waals surface area contributed by atoms with Crippen molar-refractivity contribution < 1.29 is 4.74 Å². The van der Waals surface area contributed by atoms with E-state index in [1.54, 1.807) is 0 Å². The molecule has 3 heterocycles. The second-order valence-corrected chi connectivity index (χ2v) is 15.5. The molecule has 250 valence electrons. The van der Waals surface area contributed by atoms with E-state index in [1.807, 2.05) is 12.3 Å². The minimum atomic E-state index is 0.00355. The Labute approximate surface area is 295 Å². The van der Waals surface area contributed by atoms with E-state index in [0.29, 0.717) is 0 Å². The van der Waals surface area contributed by atoms with Crippen molar-refractivity contribution in [3.05, 3.63) is 150 Å². The molecule has 8 rings (SSSR count). The Morgan fingerprint density at radius 3 is 2.10 bits per heavy atom. The van der Waals surface area contributed by atoms with Crippen LogP contribution in [-0.4, -0.2) is 16.2 Å². The first-order chi connectivity index (χ1) is 24.0. The molecule has 50 heavy (non-hydrogen) atoms. The van der Waals surface area contributed by atoms with Crippen molar-refractivity contribution in [2.24, 2.45) is 0 Å². The van der Waals surface area contributed by atoms with Crippen LogP contribution in [0.15, 0.2) is 134 Å². The smallest absolute Gasteiger partial charge is 0.137 e. The lowest BCUT2D eigenvalue weighted by Crippen LogP contribution is -2.27. The highest BCUT2D eigenvalue weighted by Gasteiger charge is 2.27. The maximum absolute atomic E-state index is 6.67. The summed E-state index contributed by atoms with van der Waals surface area (Å²) in [6.07, 6.45) is 1.93. The summed E-state index contributed by atoms with van der Waals surface area (Å²) in [7, 11) is 0. The zero-order chi connectivity index (χ0) is 34.6. The highest BCUT2D eigenvalue weighted by atomic mass is 16.5. The van der Waals surface area contributed by atoms with Crippen LogP contribution in [0.1, 0.15) is 58.2 Å². The average Bonchev–Trinajstić information content (AvgIpc) is 3.63. The zero-order valence-electron chi connectivity index (χ0n) is 29.8. The minimum absolute atomic E-state index is 0.00355. The molecule has 5 heteroatoms. The lowest BCUT2D eigenvalue weighted by atomic mass is 9.86. The van der Waals surface area contributed by atoms with Gasteiger partial charge in [-0.1, -0.05) is 96.1 Å². The quantitative estimate of drug-likeness (QED) is 0.178. The highest BCUT2D eigenvalue weighted by molar-refractivity contribution is 6.09. The highest BCUT2D eigenvalue weighted by Crippen LogP contribution is 2.43. The topological polar surface area (TPSA) is 33.5 Å². The molecule has 0 amide bonds. The molecule has 0 bridgehead atoms. The Kier molecular flexibility index (Phi) is 7.67. The molecule has 0 radical (unpaired) electrons. The van der Waals surface area contributed by atoms with Crippen LogP contribution in [0, 0.1) is 0 Å². The van der Waals surface area contributed by atoms with E-state index in [-0.39, 0.29) is 10.8 Å². The molecular formula is C45H44N4O. The first-order valence-electron chi connectivity index (χ1n) is 17.5. The minimum Gasteiger partial charge on any atom is -0.457 e. The molecule has 1 aliphatic rings. The predicted octanol–water partition coefficient (Wildman–Crippen LogP) is 11.7. The first kappa shape index (κ1) is 31.7. The van der Waals surface area contributed by atoms with Gasteiger partial charge in [-0.05, 0) is 88.2 Å². The van der Waals surface area contributed by atoms with Crippen LogP contribution in [-0.2, 0) is 17.4 Å². The average molecular weight is 657 g/mol. The van der Waals surface area contributed by atoms with Gasteiger partial charge in [0.15, 0.2) is 0 Å². The van der Waals surface area contributed by atoms with Crippen molar-refractivity contribution in [1.29, 1.82) is 0 Å². The number of aromatic nitrogens is 2. The first-order valence-corrected chi connectivity index (χ1v) is 17.5. The molecule has 0 atom stereocenters. The molecule has 0 aliphatic carbocycles. The van der Waals surface area contributed by atoms with Crippen molar-refractivity contribution in [1.82, 2.24) is 9.55 Å². The molecule has 0 N–H and O–H groups in total. The van der Waals surface area contributed by atoms with E-state index in [2.05, 4.69) is 177 Å². The Hall–Kier alpha value is -5.55. The van der Waals surface area contributed by atoms with Crippen LogP contribution in [0.5, 0.6) is 11.5 Å². The van der Waals surface area contributed by atoms with Crippen molar-refractivity contribution in [2.45, 2.75) is 58.9 Å². The van der Waals surface area contributed by atoms with Gasteiger partial charge in [-0.25, -0.2) is 4.98 Å². The largest absolute Gasteiger partial charge is 0.457 e. The van der Waals surface area contributed by atoms with Crippen LogP contribution in [0.4, 0.5) is 17.1 Å². The Morgan fingerprint density at radius 1 is 0.600 bits per heavy atom. The number of rotatable bonds is 6. The van der Waals surface area contributed by atoms with Crippen molar-refractivity contribution >= 4 is 38.9 Å². The third kappa shape index (κ3) is 5.87. The zero-order valence-corrected chi connectivity index (χ0v) is 29.8. The van der Waals surface area contributed by atoms with Gasteiger partial charge in [-0.3, -0.25) is 4.57 Å². The summed E-state index contributed by atoms with van der Waals surface area (Å²) in [6, 6.07) is 45.4. The standard InChI is InChI=1S/C45H44N4O/c1-44(2,3)32-19-22-39-38(25-32)37-21-20-36(28-42(37)49(39)43-26-33(23-24-46-43)45(4,5)6)50-35-16-12-15-34(27-35)48-30-47(29-31-13-8-7-9-14-31)40-17-10-11-18-41(40)48/h7-28H,29-30H2,1-6H3. The fraction of sp³-hybridized carbons (Fsp3) is 0.222. The maximum Gasteiger partial charge on any atom is 0.137 e. The number of nitrogens with zero attached hydrogens (tertiary/aromatic N) is 4. The number of fused-ring (bicyclic) bond motifs is 4. The van der Waals surface area contributed by atoms with Gasteiger partial charge in [-0.15, -0.1) is 0 Å². The van der Waals surface area contributed by atoms with E-state index < -0.39 is 0 Å². The van der Waals surface area contributed by atoms with E-state index in [1.165, 1.54) is 38.8 Å². The van der Waals surface area contributed by atoms with Gasteiger partial charge in [0.25, 0.3) is 0 Å². The van der Waals surface area contributed by atoms with Gasteiger partial charge >= 0.3 is 0 Å². The summed E-state index contributed by atoms with van der Waals surface area (Å²) < 4.78 is 8.96. The summed E-state index contributed by atoms with van der Waals surface area (Å²) >= 11 is 0. The molecule has 0 unspecified atom stereocenters. The third-order valence-electron chi connectivity index (χ3n) is 9.85. The van der Waals surface area contributed by atoms with Crippen molar-refractivity contribution in [3.63, 3.8) is 0 Å². The SMILES string of the molecule is CC(C)(C)c1ccnc(-n2c3ccc(C(C)(C)C)cc3c3ccc(Oc4cccc(N5CN(Cc6ccccc6)c6ccccc65)c4)cc32)c1. The lowest BCUT2D eigenvalue weighted by molar-refractivity contribution is 0.483. The van der Waals surface area contributed by atoms with E-state index >= 15 is 0 Å². The molecule has 5 nitrogen and oxygen atoms in total. The third-order valence-corrected chi connectivity index (χ3v) is 9.85. The Bertz CT molecular complexity index is 2340. The van der Waals surface area contributed by atoms with Gasteiger partial charge < -0.3 is 14.5 Å². The number of para-hydroxylation sites is 2. The van der Waals surface area contributed by atoms with Gasteiger partial charge in [0.05, 0.1) is 29.1 Å². The number of hydrogen-bond donors (Lipinski definition) is 0. The number of ether oxygens (including phenoxy) is 1. The summed E-state index contributed by atoms with van der Waals surface area (Å²) in [6.45, 7) is 15.2. The summed E-state index contributed by atoms with van der Waals surface area (Å²) in [5.74, 6) is 2.49. The molecule has 1 aliphatic heterocycles. The number of pyridine rings is 1. The predicted molar refractivity (Wildman–Crippen MR) is 209 cm³/mol. The van der Waals surface area contributed by atoms with Crippen molar-refractivity contribution in [2.75, 3.05) is 16.5 Å². The summed E-state index contributed by atoms with van der Waals surface area (Å²) in [4.78, 5) is 9.70. The van der Waals surface area contributed by atoms with Gasteiger partial charge in [0.1, 0.15) is 17.3 Å². The fourth-order valence-electron chi connectivity index (χ4n) is 7.08. The van der Waals surface area contributed by atoms with Crippen LogP contribution < -0.4 is 14.5 Å². The summed E-state index contributed by atoms with van der Waals surface area (Å²) in [5, 5.41) is 2.40. The number of hydrogen-bond acceptors (Lipinski definition) is 4. The van der Waals surface area contributed by atoms with E-state index in [4.69, 9.17) is 9.72 Å². The monoisotopic (exact) mass is 656 g/mol. The lowest BCUT2D eigenvalue weighted by Gasteiger charge is -2.22. The van der Waals surface area contributed by atoms with Gasteiger partial charge in [0.2, 0.25) is 0 Å². The molecule has 0 saturated heterocycles. The molecule has 0 fully saturated rings. The molecule has 2 aromatic heterocycles. The number of anilines is 3. The van der Waals surface area contributed by atoms with Crippen molar-refractivity contribution in [3.8, 4) is 17.3 Å². The molecular weight excluding hydrogens is 613 g/mol. The van der Waals surface area contributed by atoms with Gasteiger partial charge in [-0.2, -0.15) is 0 Å². The molecule has 5 aromatic carbocycles. The second kappa shape index (κ2) is 12.1. The maximum atomic E-state index is 6.67. The van der Waals surface area contributed by atoms with Crippen LogP contribution in [0.25, 0.3) is 27.6 Å². The number of benzene rings is 5. The second-order valence-electron chi connectivity index (χ2n) is 15.5. The molecule has 0 saturated carbocycles. The fourth-order valence-corrected chi connectivity index (χ4v) is 7.08. The summed E-state index contributed by atoms with van der Waals surface area (Å²) in [5.41, 5.74) is 9.64.